The van der Waals surface area contributed by atoms with E-state index in [1.165, 1.54) is 4.57 Å². The maximum absolute atomic E-state index is 12.2. The minimum Gasteiger partial charge on any atom is -0.461 e. The maximum atomic E-state index is 12.2. The molecule has 130 valence electrons. The van der Waals surface area contributed by atoms with Gasteiger partial charge in [-0.1, -0.05) is 32.9 Å². The van der Waals surface area contributed by atoms with Gasteiger partial charge >= 0.3 is 11.7 Å². The number of esters is 1. The molecule has 1 aliphatic carbocycles. The second kappa shape index (κ2) is 6.46. The first-order chi connectivity index (χ1) is 11.3. The van der Waals surface area contributed by atoms with E-state index in [1.54, 1.807) is 18.2 Å². The molecule has 0 aliphatic heterocycles. The Kier molecular flexibility index (Phi) is 4.52. The van der Waals surface area contributed by atoms with Crippen LogP contribution in [-0.2, 0) is 16.1 Å². The van der Waals surface area contributed by atoms with Gasteiger partial charge in [0.2, 0.25) is 0 Å². The molecule has 1 heterocycles. The van der Waals surface area contributed by atoms with Crippen LogP contribution in [0, 0.1) is 11.3 Å². The summed E-state index contributed by atoms with van der Waals surface area (Å²) < 4.78 is 12.1. The fourth-order valence-corrected chi connectivity index (χ4v) is 3.56. The zero-order chi connectivity index (χ0) is 17.3. The molecule has 1 saturated carbocycles. The van der Waals surface area contributed by atoms with Gasteiger partial charge in [0.1, 0.15) is 12.6 Å². The highest BCUT2D eigenvalue weighted by Gasteiger charge is 2.31. The number of oxazole rings is 1. The molecule has 0 spiro atoms. The summed E-state index contributed by atoms with van der Waals surface area (Å²) in [7, 11) is 0. The Balaban J connectivity index is 1.60. The standard InChI is InChI=1S/C19H25NO4/c1-19(2,3)13-8-10-14(11-9-13)23-17(21)12-20-15-6-4-5-7-16(15)24-18(20)22/h4-7,13-14H,8-12H2,1-3H3. The van der Waals surface area contributed by atoms with Crippen molar-refractivity contribution in [2.45, 2.75) is 59.1 Å². The first-order valence-corrected chi connectivity index (χ1v) is 8.62. The number of ether oxygens (including phenoxy) is 1. The van der Waals surface area contributed by atoms with Crippen LogP contribution >= 0.6 is 0 Å². The van der Waals surface area contributed by atoms with Gasteiger partial charge in [0.15, 0.2) is 5.58 Å². The van der Waals surface area contributed by atoms with Crippen molar-refractivity contribution in [3.8, 4) is 0 Å². The lowest BCUT2D eigenvalue weighted by Gasteiger charge is -2.36. The number of aromatic nitrogens is 1. The Hall–Kier alpha value is -2.04. The highest BCUT2D eigenvalue weighted by Crippen LogP contribution is 2.38. The van der Waals surface area contributed by atoms with E-state index < -0.39 is 5.76 Å². The number of hydrogen-bond acceptors (Lipinski definition) is 4. The SMILES string of the molecule is CC(C)(C)C1CCC(OC(=O)Cn2c(=O)oc3ccccc32)CC1. The highest BCUT2D eigenvalue weighted by molar-refractivity contribution is 5.76. The summed E-state index contributed by atoms with van der Waals surface area (Å²) in [4.78, 5) is 24.1. The van der Waals surface area contributed by atoms with Crippen LogP contribution in [-0.4, -0.2) is 16.6 Å². The van der Waals surface area contributed by atoms with Crippen molar-refractivity contribution in [1.29, 1.82) is 0 Å². The molecule has 0 bridgehead atoms. The molecule has 1 fully saturated rings. The first-order valence-electron chi connectivity index (χ1n) is 8.62. The quantitative estimate of drug-likeness (QED) is 0.804. The van der Waals surface area contributed by atoms with E-state index in [4.69, 9.17) is 9.15 Å². The van der Waals surface area contributed by atoms with Crippen LogP contribution in [0.4, 0.5) is 0 Å². The molecule has 1 aliphatic rings. The van der Waals surface area contributed by atoms with E-state index in [2.05, 4.69) is 20.8 Å². The fourth-order valence-electron chi connectivity index (χ4n) is 3.56. The first kappa shape index (κ1) is 16.8. The molecule has 0 atom stereocenters. The van der Waals surface area contributed by atoms with E-state index in [0.29, 0.717) is 22.4 Å². The summed E-state index contributed by atoms with van der Waals surface area (Å²) in [6, 6.07) is 7.09. The Morgan fingerprint density at radius 1 is 1.21 bits per heavy atom. The molecule has 1 aromatic carbocycles. The third kappa shape index (κ3) is 3.55. The average molecular weight is 331 g/mol. The lowest BCUT2D eigenvalue weighted by Crippen LogP contribution is -2.31. The third-order valence-corrected chi connectivity index (χ3v) is 5.06. The number of para-hydroxylation sites is 2. The molecule has 24 heavy (non-hydrogen) atoms. The molecule has 0 radical (unpaired) electrons. The zero-order valence-electron chi connectivity index (χ0n) is 14.6. The summed E-state index contributed by atoms with van der Waals surface area (Å²) >= 11 is 0. The van der Waals surface area contributed by atoms with E-state index in [-0.39, 0.29) is 18.6 Å². The van der Waals surface area contributed by atoms with Crippen LogP contribution < -0.4 is 5.76 Å². The number of rotatable bonds is 3. The van der Waals surface area contributed by atoms with Gasteiger partial charge in [-0.2, -0.15) is 0 Å². The molecule has 5 nitrogen and oxygen atoms in total. The molecule has 0 amide bonds. The fraction of sp³-hybridized carbons (Fsp3) is 0.579. The van der Waals surface area contributed by atoms with Gasteiger partial charge in [-0.05, 0) is 49.1 Å². The second-order valence-corrected chi connectivity index (χ2v) is 7.75. The predicted molar refractivity (Wildman–Crippen MR) is 91.8 cm³/mol. The number of carbonyl (C=O) groups is 1. The number of carbonyl (C=O) groups excluding carboxylic acids is 1. The average Bonchev–Trinajstić information content (AvgIpc) is 2.83. The predicted octanol–water partition coefficient (Wildman–Crippen LogP) is 3.74. The summed E-state index contributed by atoms with van der Waals surface area (Å²) in [5.41, 5.74) is 1.41. The number of benzene rings is 1. The summed E-state index contributed by atoms with van der Waals surface area (Å²) in [6.07, 6.45) is 3.92. The molecule has 3 rings (SSSR count). The minimum atomic E-state index is -0.524. The van der Waals surface area contributed by atoms with E-state index in [0.717, 1.165) is 25.7 Å². The van der Waals surface area contributed by atoms with Crippen LogP contribution in [0.25, 0.3) is 11.1 Å². The minimum absolute atomic E-state index is 0.0371. The topological polar surface area (TPSA) is 61.4 Å². The van der Waals surface area contributed by atoms with Crippen molar-refractivity contribution >= 4 is 17.1 Å². The molecular weight excluding hydrogens is 306 g/mol. The number of nitrogens with zero attached hydrogens (tertiary/aromatic N) is 1. The van der Waals surface area contributed by atoms with Gasteiger partial charge in [-0.15, -0.1) is 0 Å². The lowest BCUT2D eigenvalue weighted by molar-refractivity contribution is -0.152. The maximum Gasteiger partial charge on any atom is 0.420 e. The summed E-state index contributed by atoms with van der Waals surface area (Å²) in [6.45, 7) is 6.69. The van der Waals surface area contributed by atoms with Crippen molar-refractivity contribution in [3.05, 3.63) is 34.8 Å². The van der Waals surface area contributed by atoms with Crippen molar-refractivity contribution in [2.24, 2.45) is 11.3 Å². The van der Waals surface area contributed by atoms with Crippen molar-refractivity contribution in [3.63, 3.8) is 0 Å². The van der Waals surface area contributed by atoms with E-state index in [9.17, 15) is 9.59 Å². The van der Waals surface area contributed by atoms with Gasteiger partial charge in [0.05, 0.1) is 5.52 Å². The number of hydrogen-bond donors (Lipinski definition) is 0. The van der Waals surface area contributed by atoms with Gasteiger partial charge in [0, 0.05) is 0 Å². The van der Waals surface area contributed by atoms with Crippen LogP contribution in [0.15, 0.2) is 33.5 Å². The summed E-state index contributed by atoms with van der Waals surface area (Å²) in [5.74, 6) is -0.222. The van der Waals surface area contributed by atoms with Gasteiger partial charge in [-0.25, -0.2) is 4.79 Å². The Morgan fingerprint density at radius 3 is 2.54 bits per heavy atom. The van der Waals surface area contributed by atoms with E-state index >= 15 is 0 Å². The van der Waals surface area contributed by atoms with Crippen molar-refractivity contribution in [1.82, 2.24) is 4.57 Å². The molecule has 0 N–H and O–H groups in total. The third-order valence-electron chi connectivity index (χ3n) is 5.06. The molecule has 1 aromatic heterocycles. The molecule has 5 heteroatoms. The summed E-state index contributed by atoms with van der Waals surface area (Å²) in [5, 5.41) is 0. The Morgan fingerprint density at radius 2 is 1.88 bits per heavy atom. The van der Waals surface area contributed by atoms with Crippen molar-refractivity contribution in [2.75, 3.05) is 0 Å². The van der Waals surface area contributed by atoms with Crippen LogP contribution in [0.2, 0.25) is 0 Å². The smallest absolute Gasteiger partial charge is 0.420 e. The second-order valence-electron chi connectivity index (χ2n) is 7.75. The monoisotopic (exact) mass is 331 g/mol. The normalized spacial score (nSPS) is 21.8. The molecule has 2 aromatic rings. The highest BCUT2D eigenvalue weighted by atomic mass is 16.5. The van der Waals surface area contributed by atoms with Gasteiger partial charge in [-0.3, -0.25) is 9.36 Å². The van der Waals surface area contributed by atoms with Crippen LogP contribution in [0.3, 0.4) is 0 Å². The molecule has 0 unspecified atom stereocenters. The molecule has 0 saturated heterocycles. The van der Waals surface area contributed by atoms with Gasteiger partial charge < -0.3 is 9.15 Å². The Bertz CT molecular complexity index is 772. The van der Waals surface area contributed by atoms with Crippen LogP contribution in [0.1, 0.15) is 46.5 Å². The van der Waals surface area contributed by atoms with Crippen molar-refractivity contribution < 1.29 is 13.9 Å². The van der Waals surface area contributed by atoms with E-state index in [1.807, 2.05) is 6.07 Å². The Labute approximate surface area is 141 Å². The zero-order valence-corrected chi connectivity index (χ0v) is 14.6. The largest absolute Gasteiger partial charge is 0.461 e. The van der Waals surface area contributed by atoms with Gasteiger partial charge in [0.25, 0.3) is 0 Å². The van der Waals surface area contributed by atoms with Crippen LogP contribution in [0.5, 0.6) is 0 Å². The number of fused-ring (bicyclic) bond motifs is 1. The molecular formula is C19H25NO4. The lowest BCUT2D eigenvalue weighted by atomic mass is 9.72.